The molecule has 1 aliphatic rings. The maximum atomic E-state index is 3.73. The highest BCUT2D eigenvalue weighted by molar-refractivity contribution is 4.79. The van der Waals surface area contributed by atoms with Crippen LogP contribution in [0.4, 0.5) is 0 Å². The molecule has 0 bridgehead atoms. The lowest BCUT2D eigenvalue weighted by Crippen LogP contribution is -2.42. The van der Waals surface area contributed by atoms with Crippen LogP contribution in [0.15, 0.2) is 0 Å². The molecule has 1 unspecified atom stereocenters. The van der Waals surface area contributed by atoms with Crippen molar-refractivity contribution in [2.75, 3.05) is 19.6 Å². The highest BCUT2D eigenvalue weighted by Crippen LogP contribution is 2.23. The minimum atomic E-state index is 0.686. The average Bonchev–Trinajstić information content (AvgIpc) is 2.91. The monoisotopic (exact) mass is 282 g/mol. The largest absolute Gasteiger partial charge is 0.313 e. The lowest BCUT2D eigenvalue weighted by Gasteiger charge is -2.31. The van der Waals surface area contributed by atoms with Crippen molar-refractivity contribution in [3.8, 4) is 0 Å². The Labute approximate surface area is 127 Å². The van der Waals surface area contributed by atoms with Gasteiger partial charge in [0.15, 0.2) is 0 Å². The summed E-state index contributed by atoms with van der Waals surface area (Å²) in [4.78, 5) is 2.75. The van der Waals surface area contributed by atoms with Gasteiger partial charge in [-0.05, 0) is 32.1 Å². The van der Waals surface area contributed by atoms with Crippen LogP contribution in [0, 0.1) is 5.92 Å². The molecule has 0 radical (unpaired) electrons. The molecule has 120 valence electrons. The number of unbranched alkanes of at least 4 members (excludes halogenated alkanes) is 2. The molecule has 0 aromatic heterocycles. The lowest BCUT2D eigenvalue weighted by molar-refractivity contribution is 0.176. The van der Waals surface area contributed by atoms with Crippen molar-refractivity contribution in [3.05, 3.63) is 0 Å². The third kappa shape index (κ3) is 7.64. The molecule has 0 aromatic carbocycles. The Kier molecular flexibility index (Phi) is 9.54. The van der Waals surface area contributed by atoms with Crippen LogP contribution in [-0.2, 0) is 0 Å². The molecule has 1 rings (SSSR count). The highest BCUT2D eigenvalue weighted by Gasteiger charge is 2.22. The van der Waals surface area contributed by atoms with Crippen LogP contribution in [0.5, 0.6) is 0 Å². The molecule has 1 fully saturated rings. The van der Waals surface area contributed by atoms with E-state index >= 15 is 0 Å². The van der Waals surface area contributed by atoms with Crippen molar-refractivity contribution in [3.63, 3.8) is 0 Å². The van der Waals surface area contributed by atoms with Gasteiger partial charge in [-0.15, -0.1) is 0 Å². The van der Waals surface area contributed by atoms with E-state index in [0.717, 1.165) is 18.5 Å². The van der Waals surface area contributed by atoms with Crippen LogP contribution in [0.1, 0.15) is 79.1 Å². The fraction of sp³-hybridized carbons (Fsp3) is 1.00. The average molecular weight is 283 g/mol. The van der Waals surface area contributed by atoms with Crippen LogP contribution in [0.2, 0.25) is 0 Å². The summed E-state index contributed by atoms with van der Waals surface area (Å²) in [5.74, 6) is 0.789. The zero-order chi connectivity index (χ0) is 14.8. The van der Waals surface area contributed by atoms with Crippen LogP contribution in [-0.4, -0.2) is 36.6 Å². The highest BCUT2D eigenvalue weighted by atomic mass is 15.2. The minimum absolute atomic E-state index is 0.686. The number of rotatable bonds is 11. The quantitative estimate of drug-likeness (QED) is 0.563. The van der Waals surface area contributed by atoms with E-state index in [-0.39, 0.29) is 0 Å². The normalized spacial score (nSPS) is 18.3. The number of hydrogen-bond acceptors (Lipinski definition) is 2. The molecule has 2 nitrogen and oxygen atoms in total. The van der Waals surface area contributed by atoms with Gasteiger partial charge in [-0.3, -0.25) is 4.90 Å². The summed E-state index contributed by atoms with van der Waals surface area (Å²) in [5.41, 5.74) is 0. The Morgan fingerprint density at radius 2 is 1.80 bits per heavy atom. The first-order valence-electron chi connectivity index (χ1n) is 9.11. The van der Waals surface area contributed by atoms with Crippen molar-refractivity contribution < 1.29 is 0 Å². The van der Waals surface area contributed by atoms with E-state index < -0.39 is 0 Å². The van der Waals surface area contributed by atoms with Crippen molar-refractivity contribution in [1.82, 2.24) is 10.2 Å². The van der Waals surface area contributed by atoms with E-state index in [1.165, 1.54) is 64.5 Å². The first kappa shape index (κ1) is 18.0. The standard InChI is InChI=1S/C18H38N2/c1-5-6-7-10-17(4)19-13-14-20(15-16(2)3)18-11-8-9-12-18/h16-19H,5-15H2,1-4H3. The van der Waals surface area contributed by atoms with Gasteiger partial charge < -0.3 is 5.32 Å². The smallest absolute Gasteiger partial charge is 0.0110 e. The Hall–Kier alpha value is -0.0800. The van der Waals surface area contributed by atoms with E-state index in [4.69, 9.17) is 0 Å². The van der Waals surface area contributed by atoms with Crippen LogP contribution in [0.3, 0.4) is 0 Å². The second-order valence-corrected chi connectivity index (χ2v) is 7.18. The van der Waals surface area contributed by atoms with Crippen molar-refractivity contribution in [2.45, 2.75) is 91.1 Å². The minimum Gasteiger partial charge on any atom is -0.313 e. The molecule has 1 N–H and O–H groups in total. The van der Waals surface area contributed by atoms with Gasteiger partial charge in [0.05, 0.1) is 0 Å². The van der Waals surface area contributed by atoms with Crippen molar-refractivity contribution >= 4 is 0 Å². The van der Waals surface area contributed by atoms with Gasteiger partial charge in [0.25, 0.3) is 0 Å². The number of hydrogen-bond donors (Lipinski definition) is 1. The van der Waals surface area contributed by atoms with Crippen LogP contribution < -0.4 is 5.32 Å². The molecule has 0 saturated heterocycles. The molecule has 0 amide bonds. The molecular formula is C18H38N2. The molecule has 0 aromatic rings. The summed E-state index contributed by atoms with van der Waals surface area (Å²) in [7, 11) is 0. The Morgan fingerprint density at radius 1 is 1.10 bits per heavy atom. The summed E-state index contributed by atoms with van der Waals surface area (Å²) < 4.78 is 0. The fourth-order valence-corrected chi connectivity index (χ4v) is 3.42. The topological polar surface area (TPSA) is 15.3 Å². The van der Waals surface area contributed by atoms with Gasteiger partial charge in [-0.2, -0.15) is 0 Å². The van der Waals surface area contributed by atoms with Crippen LogP contribution in [0.25, 0.3) is 0 Å². The van der Waals surface area contributed by atoms with Crippen molar-refractivity contribution in [1.29, 1.82) is 0 Å². The lowest BCUT2D eigenvalue weighted by atomic mass is 10.1. The van der Waals surface area contributed by atoms with Crippen molar-refractivity contribution in [2.24, 2.45) is 5.92 Å². The third-order valence-corrected chi connectivity index (χ3v) is 4.57. The molecule has 1 saturated carbocycles. The Morgan fingerprint density at radius 3 is 2.40 bits per heavy atom. The zero-order valence-corrected chi connectivity index (χ0v) is 14.5. The molecule has 2 heteroatoms. The summed E-state index contributed by atoms with van der Waals surface area (Å²) in [6, 6.07) is 1.56. The second-order valence-electron chi connectivity index (χ2n) is 7.18. The van der Waals surface area contributed by atoms with E-state index in [1.54, 1.807) is 0 Å². The Balaban J connectivity index is 2.20. The zero-order valence-electron chi connectivity index (χ0n) is 14.5. The second kappa shape index (κ2) is 10.6. The molecule has 0 aliphatic heterocycles. The van der Waals surface area contributed by atoms with Crippen LogP contribution >= 0.6 is 0 Å². The maximum Gasteiger partial charge on any atom is 0.0110 e. The van der Waals surface area contributed by atoms with Gasteiger partial charge in [0.1, 0.15) is 0 Å². The fourth-order valence-electron chi connectivity index (χ4n) is 3.42. The number of nitrogens with one attached hydrogen (secondary N) is 1. The van der Waals surface area contributed by atoms with E-state index in [9.17, 15) is 0 Å². The summed E-state index contributed by atoms with van der Waals surface area (Å²) >= 11 is 0. The predicted molar refractivity (Wildman–Crippen MR) is 90.3 cm³/mol. The first-order valence-corrected chi connectivity index (χ1v) is 9.11. The molecule has 0 spiro atoms. The summed E-state index contributed by atoms with van der Waals surface area (Å²) in [6.07, 6.45) is 11.2. The molecule has 20 heavy (non-hydrogen) atoms. The molecule has 1 atom stereocenters. The summed E-state index contributed by atoms with van der Waals surface area (Å²) in [6.45, 7) is 13.0. The SMILES string of the molecule is CCCCCC(C)NCCN(CC(C)C)C1CCCC1. The molecule has 0 heterocycles. The molecule has 1 aliphatic carbocycles. The van der Waals surface area contributed by atoms with E-state index in [0.29, 0.717) is 6.04 Å². The van der Waals surface area contributed by atoms with Gasteiger partial charge in [0.2, 0.25) is 0 Å². The molecular weight excluding hydrogens is 244 g/mol. The summed E-state index contributed by atoms with van der Waals surface area (Å²) in [5, 5.41) is 3.73. The maximum absolute atomic E-state index is 3.73. The van der Waals surface area contributed by atoms with Gasteiger partial charge in [-0.25, -0.2) is 0 Å². The van der Waals surface area contributed by atoms with E-state index in [2.05, 4.69) is 37.9 Å². The van der Waals surface area contributed by atoms with Gasteiger partial charge >= 0.3 is 0 Å². The first-order chi connectivity index (χ1) is 9.63. The Bertz CT molecular complexity index is 221. The van der Waals surface area contributed by atoms with Gasteiger partial charge in [0, 0.05) is 31.7 Å². The van der Waals surface area contributed by atoms with E-state index in [1.807, 2.05) is 0 Å². The third-order valence-electron chi connectivity index (χ3n) is 4.57. The van der Waals surface area contributed by atoms with Gasteiger partial charge in [-0.1, -0.05) is 52.9 Å². The predicted octanol–water partition coefficient (Wildman–Crippen LogP) is 4.45. The number of nitrogens with zero attached hydrogens (tertiary/aromatic N) is 1.